The summed E-state index contributed by atoms with van der Waals surface area (Å²) in [5, 5.41) is 10.7. The van der Waals surface area contributed by atoms with Crippen molar-refractivity contribution in [2.45, 2.75) is 58.4 Å². The number of allylic oxidation sites excluding steroid dienone is 2. The van der Waals surface area contributed by atoms with Crippen LogP contribution in [0.15, 0.2) is 41.4 Å². The lowest BCUT2D eigenvalue weighted by Crippen LogP contribution is -2.17. The van der Waals surface area contributed by atoms with Crippen LogP contribution in [-0.4, -0.2) is 17.4 Å². The molecule has 0 amide bonds. The van der Waals surface area contributed by atoms with E-state index in [9.17, 15) is 5.11 Å². The number of aliphatic imine (C=N–C) groups is 1. The maximum Gasteiger partial charge on any atom is 0.128 e. The van der Waals surface area contributed by atoms with Crippen molar-refractivity contribution in [3.63, 3.8) is 0 Å². The number of phenolic OH excluding ortho intramolecular Hbond substituents is 1. The van der Waals surface area contributed by atoms with Crippen molar-refractivity contribution in [2.24, 2.45) is 4.99 Å². The van der Waals surface area contributed by atoms with Gasteiger partial charge < -0.3 is 5.11 Å². The van der Waals surface area contributed by atoms with Crippen molar-refractivity contribution >= 4 is 6.21 Å². The number of rotatable bonds is 2. The molecule has 2 rings (SSSR count). The Kier molecular flexibility index (Phi) is 4.32. The zero-order valence-corrected chi connectivity index (χ0v) is 14.5. The minimum absolute atomic E-state index is 0.0312. The van der Waals surface area contributed by atoms with Gasteiger partial charge in [-0.05, 0) is 22.5 Å². The van der Waals surface area contributed by atoms with E-state index in [1.807, 2.05) is 24.3 Å². The van der Waals surface area contributed by atoms with Gasteiger partial charge in [0.1, 0.15) is 5.75 Å². The van der Waals surface area contributed by atoms with E-state index in [1.165, 1.54) is 5.56 Å². The Bertz CT molecular complexity index is 625. The molecule has 0 spiro atoms. The molecule has 118 valence electrons. The lowest BCUT2D eigenvalue weighted by atomic mass is 9.79. The fraction of sp³-hybridized carbons (Fsp3) is 0.450. The summed E-state index contributed by atoms with van der Waals surface area (Å²) in [6.07, 6.45) is 9.85. The molecule has 0 aromatic heterocycles. The summed E-state index contributed by atoms with van der Waals surface area (Å²) in [5.41, 5.74) is 2.91. The first kappa shape index (κ1) is 16.5. The normalized spacial score (nSPS) is 16.1. The quantitative estimate of drug-likeness (QED) is 0.774. The topological polar surface area (TPSA) is 32.6 Å². The third-order valence-corrected chi connectivity index (χ3v) is 3.93. The SMILES string of the molecule is CC(C)(C)c1cc(C=NC2C=CC=C2)c(O)c(C(C)(C)C)c1. The van der Waals surface area contributed by atoms with Crippen molar-refractivity contribution in [1.82, 2.24) is 0 Å². The van der Waals surface area contributed by atoms with Crippen LogP contribution in [-0.2, 0) is 10.8 Å². The van der Waals surface area contributed by atoms with Gasteiger partial charge in [0.25, 0.3) is 0 Å². The fourth-order valence-corrected chi connectivity index (χ4v) is 2.45. The van der Waals surface area contributed by atoms with Crippen molar-refractivity contribution in [1.29, 1.82) is 0 Å². The predicted octanol–water partition coefficient (Wildman–Crippen LogP) is 4.90. The average Bonchev–Trinajstić information content (AvgIpc) is 2.87. The highest BCUT2D eigenvalue weighted by Crippen LogP contribution is 2.37. The molecule has 0 atom stereocenters. The van der Waals surface area contributed by atoms with Crippen molar-refractivity contribution in [2.75, 3.05) is 0 Å². The number of hydrogen-bond donors (Lipinski definition) is 1. The second kappa shape index (κ2) is 5.75. The van der Waals surface area contributed by atoms with Gasteiger partial charge in [-0.1, -0.05) is 71.9 Å². The molecule has 0 saturated heterocycles. The summed E-state index contributed by atoms with van der Waals surface area (Å²) < 4.78 is 0. The second-order valence-electron chi connectivity index (χ2n) is 8.00. The van der Waals surface area contributed by atoms with Gasteiger partial charge in [0.2, 0.25) is 0 Å². The first-order chi connectivity index (χ1) is 10.1. The Morgan fingerprint density at radius 2 is 1.55 bits per heavy atom. The number of aromatic hydroxyl groups is 1. The van der Waals surface area contributed by atoms with Crippen molar-refractivity contribution < 1.29 is 5.11 Å². The van der Waals surface area contributed by atoms with E-state index < -0.39 is 0 Å². The van der Waals surface area contributed by atoms with Gasteiger partial charge in [0.15, 0.2) is 0 Å². The van der Waals surface area contributed by atoms with Crippen LogP contribution >= 0.6 is 0 Å². The van der Waals surface area contributed by atoms with E-state index >= 15 is 0 Å². The molecule has 22 heavy (non-hydrogen) atoms. The molecule has 1 N–H and O–H groups in total. The molecule has 1 aliphatic rings. The first-order valence-electron chi connectivity index (χ1n) is 7.85. The maximum atomic E-state index is 10.7. The van der Waals surface area contributed by atoms with Crippen LogP contribution in [0.1, 0.15) is 58.2 Å². The molecule has 1 aliphatic carbocycles. The van der Waals surface area contributed by atoms with Crippen LogP contribution in [0.4, 0.5) is 0 Å². The smallest absolute Gasteiger partial charge is 0.128 e. The maximum absolute atomic E-state index is 10.7. The highest BCUT2D eigenvalue weighted by Gasteiger charge is 2.24. The van der Waals surface area contributed by atoms with E-state index in [2.05, 4.69) is 58.7 Å². The molecule has 0 fully saturated rings. The Balaban J connectivity index is 2.52. The molecule has 1 aromatic rings. The van der Waals surface area contributed by atoms with Gasteiger partial charge in [-0.25, -0.2) is 0 Å². The average molecular weight is 297 g/mol. The van der Waals surface area contributed by atoms with E-state index in [1.54, 1.807) is 6.21 Å². The summed E-state index contributed by atoms with van der Waals surface area (Å²) in [4.78, 5) is 4.54. The van der Waals surface area contributed by atoms with Gasteiger partial charge in [-0.2, -0.15) is 0 Å². The van der Waals surface area contributed by atoms with Crippen LogP contribution < -0.4 is 0 Å². The Morgan fingerprint density at radius 1 is 0.955 bits per heavy atom. The molecular weight excluding hydrogens is 270 g/mol. The second-order valence-corrected chi connectivity index (χ2v) is 8.00. The third-order valence-electron chi connectivity index (χ3n) is 3.93. The Morgan fingerprint density at radius 3 is 2.05 bits per heavy atom. The molecule has 2 heteroatoms. The van der Waals surface area contributed by atoms with E-state index in [4.69, 9.17) is 0 Å². The molecule has 0 aliphatic heterocycles. The van der Waals surface area contributed by atoms with Gasteiger partial charge in [0.05, 0.1) is 6.04 Å². The molecule has 0 unspecified atom stereocenters. The minimum Gasteiger partial charge on any atom is -0.507 e. The van der Waals surface area contributed by atoms with E-state index in [-0.39, 0.29) is 16.9 Å². The van der Waals surface area contributed by atoms with Gasteiger partial charge in [0, 0.05) is 17.3 Å². The van der Waals surface area contributed by atoms with Crippen molar-refractivity contribution in [3.8, 4) is 5.75 Å². The third kappa shape index (κ3) is 3.68. The highest BCUT2D eigenvalue weighted by molar-refractivity contribution is 5.85. The molecule has 0 bridgehead atoms. The number of benzene rings is 1. The van der Waals surface area contributed by atoms with Crippen molar-refractivity contribution in [3.05, 3.63) is 53.1 Å². The van der Waals surface area contributed by atoms with Gasteiger partial charge in [-0.15, -0.1) is 0 Å². The van der Waals surface area contributed by atoms with Crippen LogP contribution in [0.25, 0.3) is 0 Å². The zero-order valence-electron chi connectivity index (χ0n) is 14.5. The largest absolute Gasteiger partial charge is 0.507 e. The molecule has 2 nitrogen and oxygen atoms in total. The molecule has 0 saturated carbocycles. The number of nitrogens with zero attached hydrogens (tertiary/aromatic N) is 1. The van der Waals surface area contributed by atoms with Crippen LogP contribution in [0.2, 0.25) is 0 Å². The lowest BCUT2D eigenvalue weighted by Gasteiger charge is -2.27. The minimum atomic E-state index is -0.110. The van der Waals surface area contributed by atoms with E-state index in [0.29, 0.717) is 5.75 Å². The molecule has 1 aromatic carbocycles. The predicted molar refractivity (Wildman–Crippen MR) is 95.2 cm³/mol. The summed E-state index contributed by atoms with van der Waals surface area (Å²) in [6.45, 7) is 12.9. The standard InChI is InChI=1S/C20H27NO/c1-19(2,3)15-11-14(13-21-16-9-7-8-10-16)18(22)17(12-15)20(4,5)6/h7-13,16,22H,1-6H3. The van der Waals surface area contributed by atoms with Crippen LogP contribution in [0.5, 0.6) is 5.75 Å². The molecule has 0 radical (unpaired) electrons. The Labute approximate surface area is 134 Å². The number of hydrogen-bond acceptors (Lipinski definition) is 2. The van der Waals surface area contributed by atoms with E-state index in [0.717, 1.165) is 11.1 Å². The molecule has 0 heterocycles. The lowest BCUT2D eigenvalue weighted by molar-refractivity contribution is 0.444. The summed E-state index contributed by atoms with van der Waals surface area (Å²) in [7, 11) is 0. The highest BCUT2D eigenvalue weighted by atomic mass is 16.3. The summed E-state index contributed by atoms with van der Waals surface area (Å²) >= 11 is 0. The summed E-state index contributed by atoms with van der Waals surface area (Å²) in [6, 6.07) is 4.26. The van der Waals surface area contributed by atoms with Crippen LogP contribution in [0.3, 0.4) is 0 Å². The fourth-order valence-electron chi connectivity index (χ4n) is 2.45. The molecular formula is C20H27NO. The van der Waals surface area contributed by atoms with Gasteiger partial charge >= 0.3 is 0 Å². The number of phenols is 1. The zero-order chi connectivity index (χ0) is 16.5. The van der Waals surface area contributed by atoms with Crippen LogP contribution in [0, 0.1) is 0 Å². The first-order valence-corrected chi connectivity index (χ1v) is 7.85. The summed E-state index contributed by atoms with van der Waals surface area (Å²) in [5.74, 6) is 0.343. The van der Waals surface area contributed by atoms with Gasteiger partial charge in [-0.3, -0.25) is 4.99 Å². The Hall–Kier alpha value is -1.83. The monoisotopic (exact) mass is 297 g/mol.